The van der Waals surface area contributed by atoms with Crippen molar-refractivity contribution in [2.75, 3.05) is 6.61 Å². The van der Waals surface area contributed by atoms with E-state index < -0.39 is 0 Å². The Kier molecular flexibility index (Phi) is 1.68. The average molecular weight is 166 g/mol. The van der Waals surface area contributed by atoms with E-state index >= 15 is 0 Å². The fourth-order valence-electron chi connectivity index (χ4n) is 1.53. The smallest absolute Gasteiger partial charge is 0.0851 e. The van der Waals surface area contributed by atoms with Gasteiger partial charge in [-0.1, -0.05) is 0 Å². The van der Waals surface area contributed by atoms with Gasteiger partial charge < -0.3 is 4.74 Å². The van der Waals surface area contributed by atoms with Gasteiger partial charge in [-0.05, 0) is 19.4 Å². The number of ether oxygens (including phenoxy) is 1. The van der Waals surface area contributed by atoms with Crippen LogP contribution in [0.15, 0.2) is 0 Å². The third kappa shape index (κ3) is 1.25. The maximum Gasteiger partial charge on any atom is 0.0851 e. The van der Waals surface area contributed by atoms with E-state index in [-0.39, 0.29) is 0 Å². The lowest BCUT2D eigenvalue weighted by Gasteiger charge is -1.97. The summed E-state index contributed by atoms with van der Waals surface area (Å²) in [6.45, 7) is 5.09. The SMILES string of the molecule is Cc1nn(C)c(C)c1CC1CO1. The van der Waals surface area contributed by atoms with Gasteiger partial charge >= 0.3 is 0 Å². The molecule has 0 aliphatic carbocycles. The standard InChI is InChI=1S/C9H14N2O/c1-6-9(4-8-5-12-8)7(2)11(3)10-6/h8H,4-5H2,1-3H3. The second-order valence-electron chi connectivity index (χ2n) is 3.43. The number of aryl methyl sites for hydroxylation is 2. The first-order chi connectivity index (χ1) is 5.68. The summed E-state index contributed by atoms with van der Waals surface area (Å²) < 4.78 is 7.13. The van der Waals surface area contributed by atoms with E-state index in [0.717, 1.165) is 18.7 Å². The van der Waals surface area contributed by atoms with Crippen molar-refractivity contribution >= 4 is 0 Å². The quantitative estimate of drug-likeness (QED) is 0.613. The van der Waals surface area contributed by atoms with Crippen LogP contribution in [0.3, 0.4) is 0 Å². The topological polar surface area (TPSA) is 30.4 Å². The van der Waals surface area contributed by atoms with Gasteiger partial charge in [-0.15, -0.1) is 0 Å². The van der Waals surface area contributed by atoms with Gasteiger partial charge in [-0.2, -0.15) is 5.10 Å². The molecule has 0 aromatic carbocycles. The van der Waals surface area contributed by atoms with Crippen LogP contribution >= 0.6 is 0 Å². The molecular formula is C9H14N2O. The summed E-state index contributed by atoms with van der Waals surface area (Å²) in [5, 5.41) is 4.35. The van der Waals surface area contributed by atoms with Crippen molar-refractivity contribution in [3.8, 4) is 0 Å². The lowest BCUT2D eigenvalue weighted by atomic mass is 10.1. The molecule has 0 N–H and O–H groups in total. The molecular weight excluding hydrogens is 152 g/mol. The lowest BCUT2D eigenvalue weighted by Crippen LogP contribution is -1.97. The highest BCUT2D eigenvalue weighted by atomic mass is 16.6. The van der Waals surface area contributed by atoms with Crippen LogP contribution in [0.5, 0.6) is 0 Å². The molecule has 3 nitrogen and oxygen atoms in total. The van der Waals surface area contributed by atoms with Crippen LogP contribution in [0.2, 0.25) is 0 Å². The van der Waals surface area contributed by atoms with Gasteiger partial charge in [0.2, 0.25) is 0 Å². The van der Waals surface area contributed by atoms with Crippen molar-refractivity contribution in [1.29, 1.82) is 0 Å². The molecule has 1 aliphatic heterocycles. The summed E-state index contributed by atoms with van der Waals surface area (Å²) in [5.74, 6) is 0. The van der Waals surface area contributed by atoms with Crippen molar-refractivity contribution in [3.63, 3.8) is 0 Å². The van der Waals surface area contributed by atoms with E-state index in [9.17, 15) is 0 Å². The highest BCUT2D eigenvalue weighted by Gasteiger charge is 2.25. The largest absolute Gasteiger partial charge is 0.373 e. The molecule has 1 fully saturated rings. The lowest BCUT2D eigenvalue weighted by molar-refractivity contribution is 0.407. The average Bonchev–Trinajstić information content (AvgIpc) is 2.77. The highest BCUT2D eigenvalue weighted by Crippen LogP contribution is 2.20. The Hall–Kier alpha value is -0.830. The van der Waals surface area contributed by atoms with Gasteiger partial charge in [0.25, 0.3) is 0 Å². The Morgan fingerprint density at radius 1 is 1.58 bits per heavy atom. The number of nitrogens with zero attached hydrogens (tertiary/aromatic N) is 2. The summed E-state index contributed by atoms with van der Waals surface area (Å²) in [6, 6.07) is 0. The Bertz CT molecular complexity index is 300. The van der Waals surface area contributed by atoms with Crippen LogP contribution in [-0.2, 0) is 18.2 Å². The maximum atomic E-state index is 5.19. The van der Waals surface area contributed by atoms with E-state index in [1.807, 2.05) is 11.7 Å². The molecule has 0 amide bonds. The van der Waals surface area contributed by atoms with E-state index in [1.54, 1.807) is 0 Å². The van der Waals surface area contributed by atoms with E-state index in [1.165, 1.54) is 11.3 Å². The number of aromatic nitrogens is 2. The number of hydrogen-bond donors (Lipinski definition) is 0. The van der Waals surface area contributed by atoms with E-state index in [2.05, 4.69) is 18.9 Å². The zero-order valence-electron chi connectivity index (χ0n) is 7.79. The number of rotatable bonds is 2. The molecule has 0 saturated carbocycles. The first kappa shape index (κ1) is 7.80. The molecule has 3 heteroatoms. The Balaban J connectivity index is 2.26. The van der Waals surface area contributed by atoms with Crippen LogP contribution in [0, 0.1) is 13.8 Å². The van der Waals surface area contributed by atoms with Crippen LogP contribution in [0.1, 0.15) is 17.0 Å². The number of hydrogen-bond acceptors (Lipinski definition) is 2. The third-order valence-corrected chi connectivity index (χ3v) is 2.49. The van der Waals surface area contributed by atoms with Crippen LogP contribution in [0.25, 0.3) is 0 Å². The van der Waals surface area contributed by atoms with Gasteiger partial charge in [0.15, 0.2) is 0 Å². The normalized spacial score (nSPS) is 21.4. The molecule has 1 aliphatic rings. The van der Waals surface area contributed by atoms with Crippen molar-refractivity contribution in [1.82, 2.24) is 9.78 Å². The van der Waals surface area contributed by atoms with Crippen LogP contribution in [-0.4, -0.2) is 22.5 Å². The van der Waals surface area contributed by atoms with Crippen LogP contribution in [0.4, 0.5) is 0 Å². The summed E-state index contributed by atoms with van der Waals surface area (Å²) in [6.07, 6.45) is 1.50. The fourth-order valence-corrected chi connectivity index (χ4v) is 1.53. The minimum Gasteiger partial charge on any atom is -0.373 e. The van der Waals surface area contributed by atoms with Crippen molar-refractivity contribution in [2.45, 2.75) is 26.4 Å². The summed E-state index contributed by atoms with van der Waals surface area (Å²) >= 11 is 0. The van der Waals surface area contributed by atoms with E-state index in [4.69, 9.17) is 4.74 Å². The second kappa shape index (κ2) is 2.59. The monoisotopic (exact) mass is 166 g/mol. The van der Waals surface area contributed by atoms with Gasteiger partial charge in [-0.3, -0.25) is 4.68 Å². The van der Waals surface area contributed by atoms with Crippen molar-refractivity contribution in [3.05, 3.63) is 17.0 Å². The molecule has 12 heavy (non-hydrogen) atoms. The molecule has 1 atom stereocenters. The predicted octanol–water partition coefficient (Wildman–Crippen LogP) is 0.978. The Morgan fingerprint density at radius 3 is 2.67 bits per heavy atom. The minimum atomic E-state index is 0.464. The molecule has 0 bridgehead atoms. The number of epoxide rings is 1. The predicted molar refractivity (Wildman–Crippen MR) is 46.1 cm³/mol. The van der Waals surface area contributed by atoms with Gasteiger partial charge in [0.05, 0.1) is 18.4 Å². The second-order valence-corrected chi connectivity index (χ2v) is 3.43. The summed E-state index contributed by atoms with van der Waals surface area (Å²) in [4.78, 5) is 0. The Morgan fingerprint density at radius 2 is 2.25 bits per heavy atom. The molecule has 2 rings (SSSR count). The summed E-state index contributed by atoms with van der Waals surface area (Å²) in [5.41, 5.74) is 3.77. The molecule has 1 aromatic rings. The van der Waals surface area contributed by atoms with Crippen molar-refractivity contribution < 1.29 is 4.74 Å². The zero-order valence-corrected chi connectivity index (χ0v) is 7.79. The van der Waals surface area contributed by atoms with E-state index in [0.29, 0.717) is 6.10 Å². The molecule has 1 saturated heterocycles. The first-order valence-corrected chi connectivity index (χ1v) is 4.29. The third-order valence-electron chi connectivity index (χ3n) is 2.49. The van der Waals surface area contributed by atoms with Crippen molar-refractivity contribution in [2.24, 2.45) is 7.05 Å². The molecule has 0 spiro atoms. The van der Waals surface area contributed by atoms with Gasteiger partial charge in [0, 0.05) is 19.2 Å². The first-order valence-electron chi connectivity index (χ1n) is 4.29. The van der Waals surface area contributed by atoms with Crippen LogP contribution < -0.4 is 0 Å². The summed E-state index contributed by atoms with van der Waals surface area (Å²) in [7, 11) is 1.99. The molecule has 0 radical (unpaired) electrons. The molecule has 1 unspecified atom stereocenters. The van der Waals surface area contributed by atoms with Gasteiger partial charge in [0.1, 0.15) is 0 Å². The molecule has 66 valence electrons. The maximum absolute atomic E-state index is 5.19. The van der Waals surface area contributed by atoms with Gasteiger partial charge in [-0.25, -0.2) is 0 Å². The zero-order chi connectivity index (χ0) is 8.72. The fraction of sp³-hybridized carbons (Fsp3) is 0.667. The highest BCUT2D eigenvalue weighted by molar-refractivity contribution is 5.25. The molecule has 2 heterocycles. The minimum absolute atomic E-state index is 0.464. The molecule has 1 aromatic heterocycles. The Labute approximate surface area is 72.3 Å².